The zero-order valence-corrected chi connectivity index (χ0v) is 17.9. The van der Waals surface area contributed by atoms with E-state index in [9.17, 15) is 19.1 Å². The van der Waals surface area contributed by atoms with E-state index in [-0.39, 0.29) is 16.9 Å². The molecule has 1 unspecified atom stereocenters. The zero-order valence-electron chi connectivity index (χ0n) is 17.9. The third-order valence-corrected chi connectivity index (χ3v) is 5.57. The molecule has 6 heteroatoms. The molecular weight excluding hydrogens is 409 g/mol. The van der Waals surface area contributed by atoms with Gasteiger partial charge in [0.25, 0.3) is 11.7 Å². The van der Waals surface area contributed by atoms with Crippen molar-refractivity contribution in [3.05, 3.63) is 100 Å². The van der Waals surface area contributed by atoms with Crippen molar-refractivity contribution >= 4 is 23.1 Å². The van der Waals surface area contributed by atoms with Crippen LogP contribution < -0.4 is 9.64 Å². The van der Waals surface area contributed by atoms with Crippen LogP contribution in [0.1, 0.15) is 28.3 Å². The highest BCUT2D eigenvalue weighted by atomic mass is 19.1. The fourth-order valence-electron chi connectivity index (χ4n) is 3.95. The summed E-state index contributed by atoms with van der Waals surface area (Å²) in [7, 11) is 1.53. The van der Waals surface area contributed by atoms with Gasteiger partial charge in [-0.3, -0.25) is 14.5 Å². The molecule has 0 saturated carbocycles. The second kappa shape index (κ2) is 8.30. The van der Waals surface area contributed by atoms with Gasteiger partial charge in [-0.1, -0.05) is 24.3 Å². The van der Waals surface area contributed by atoms with Gasteiger partial charge in [-0.25, -0.2) is 4.39 Å². The molecule has 1 atom stereocenters. The monoisotopic (exact) mass is 431 g/mol. The van der Waals surface area contributed by atoms with Crippen LogP contribution in [0, 0.1) is 19.7 Å². The van der Waals surface area contributed by atoms with Crippen molar-refractivity contribution in [1.82, 2.24) is 0 Å². The number of amides is 1. The summed E-state index contributed by atoms with van der Waals surface area (Å²) < 4.78 is 19.1. The van der Waals surface area contributed by atoms with Crippen LogP contribution in [0.25, 0.3) is 5.76 Å². The van der Waals surface area contributed by atoms with E-state index in [0.717, 1.165) is 5.56 Å². The standard InChI is InChI=1S/C26H22FNO4/c1-15-6-4-8-19(12-15)28-23(17-7-5-9-20(14-17)32-3)22(25(30)26(28)31)24(29)18-10-11-21(27)16(2)13-18/h4-14,23,29H,1-3H3/b24-22-. The summed E-state index contributed by atoms with van der Waals surface area (Å²) in [5.41, 5.74) is 2.58. The molecule has 0 spiro atoms. The van der Waals surface area contributed by atoms with Crippen LogP contribution in [0.5, 0.6) is 5.75 Å². The number of aliphatic hydroxyl groups excluding tert-OH is 1. The van der Waals surface area contributed by atoms with E-state index >= 15 is 0 Å². The first-order valence-electron chi connectivity index (χ1n) is 10.1. The Morgan fingerprint density at radius 2 is 1.75 bits per heavy atom. The molecule has 0 radical (unpaired) electrons. The van der Waals surface area contributed by atoms with Gasteiger partial charge >= 0.3 is 0 Å². The minimum atomic E-state index is -0.878. The smallest absolute Gasteiger partial charge is 0.300 e. The Morgan fingerprint density at radius 1 is 1.00 bits per heavy atom. The number of carbonyl (C=O) groups is 2. The number of methoxy groups -OCH3 is 1. The lowest BCUT2D eigenvalue weighted by Gasteiger charge is -2.26. The molecule has 1 saturated heterocycles. The van der Waals surface area contributed by atoms with Gasteiger partial charge in [0.2, 0.25) is 0 Å². The summed E-state index contributed by atoms with van der Waals surface area (Å²) in [4.78, 5) is 27.7. The molecule has 1 aliphatic heterocycles. The number of Topliss-reactive ketones (excluding diaryl/α,β-unsaturated/α-hetero) is 1. The summed E-state index contributed by atoms with van der Waals surface area (Å²) in [5.74, 6) is -1.78. The van der Waals surface area contributed by atoms with Crippen LogP contribution in [0.2, 0.25) is 0 Å². The van der Waals surface area contributed by atoms with Crippen molar-refractivity contribution in [3.8, 4) is 5.75 Å². The quantitative estimate of drug-likeness (QED) is 0.356. The van der Waals surface area contributed by atoms with Gasteiger partial charge in [0.05, 0.1) is 18.7 Å². The first kappa shape index (κ1) is 21.3. The van der Waals surface area contributed by atoms with Crippen molar-refractivity contribution < 1.29 is 23.8 Å². The van der Waals surface area contributed by atoms with E-state index < -0.39 is 23.5 Å². The van der Waals surface area contributed by atoms with Gasteiger partial charge < -0.3 is 9.84 Å². The van der Waals surface area contributed by atoms with Crippen LogP contribution in [0.15, 0.2) is 72.3 Å². The van der Waals surface area contributed by atoms with Crippen LogP contribution in [-0.2, 0) is 9.59 Å². The summed E-state index contributed by atoms with van der Waals surface area (Å²) >= 11 is 0. The first-order chi connectivity index (χ1) is 15.3. The molecule has 0 aliphatic carbocycles. The molecule has 0 bridgehead atoms. The Morgan fingerprint density at radius 3 is 2.44 bits per heavy atom. The summed E-state index contributed by atoms with van der Waals surface area (Å²) in [6.45, 7) is 3.46. The van der Waals surface area contributed by atoms with Crippen LogP contribution in [-0.4, -0.2) is 23.9 Å². The van der Waals surface area contributed by atoms with Crippen molar-refractivity contribution in [1.29, 1.82) is 0 Å². The van der Waals surface area contributed by atoms with Crippen molar-refractivity contribution in [2.45, 2.75) is 19.9 Å². The van der Waals surface area contributed by atoms with Crippen molar-refractivity contribution in [2.75, 3.05) is 12.0 Å². The van der Waals surface area contributed by atoms with Crippen LogP contribution in [0.4, 0.5) is 10.1 Å². The van der Waals surface area contributed by atoms with Crippen LogP contribution in [0.3, 0.4) is 0 Å². The van der Waals surface area contributed by atoms with E-state index in [1.165, 1.54) is 30.2 Å². The van der Waals surface area contributed by atoms with E-state index in [1.807, 2.05) is 13.0 Å². The Hall–Kier alpha value is -3.93. The van der Waals surface area contributed by atoms with Gasteiger partial charge in [-0.2, -0.15) is 0 Å². The van der Waals surface area contributed by atoms with E-state index in [0.29, 0.717) is 22.6 Å². The fraction of sp³-hybridized carbons (Fsp3) is 0.154. The van der Waals surface area contributed by atoms with Gasteiger partial charge in [0.1, 0.15) is 17.3 Å². The number of aryl methyl sites for hydroxylation is 2. The minimum absolute atomic E-state index is 0.0595. The molecule has 3 aromatic rings. The number of aliphatic hydroxyl groups is 1. The number of halogens is 1. The summed E-state index contributed by atoms with van der Waals surface area (Å²) in [6.07, 6.45) is 0. The number of ether oxygens (including phenoxy) is 1. The Labute approximate surface area is 185 Å². The topological polar surface area (TPSA) is 66.8 Å². The lowest BCUT2D eigenvalue weighted by Crippen LogP contribution is -2.29. The fourth-order valence-corrected chi connectivity index (χ4v) is 3.95. The average molecular weight is 431 g/mol. The SMILES string of the molecule is COc1cccc(C2/C(=C(/O)c3ccc(F)c(C)c3)C(=O)C(=O)N2c2cccc(C)c2)c1. The second-order valence-corrected chi connectivity index (χ2v) is 7.75. The second-order valence-electron chi connectivity index (χ2n) is 7.75. The van der Waals surface area contributed by atoms with Crippen molar-refractivity contribution in [2.24, 2.45) is 0 Å². The van der Waals surface area contributed by atoms with Crippen LogP contribution >= 0.6 is 0 Å². The lowest BCUT2D eigenvalue weighted by atomic mass is 9.94. The molecule has 1 heterocycles. The lowest BCUT2D eigenvalue weighted by molar-refractivity contribution is -0.132. The van der Waals surface area contributed by atoms with E-state index in [2.05, 4.69) is 0 Å². The molecule has 5 nitrogen and oxygen atoms in total. The molecule has 4 rings (SSSR count). The summed E-state index contributed by atoms with van der Waals surface area (Å²) in [5, 5.41) is 11.1. The molecule has 3 aromatic carbocycles. The molecule has 1 N–H and O–H groups in total. The molecule has 1 aliphatic rings. The molecule has 1 amide bonds. The number of anilines is 1. The number of benzene rings is 3. The van der Waals surface area contributed by atoms with Gasteiger partial charge in [-0.15, -0.1) is 0 Å². The van der Waals surface area contributed by atoms with E-state index in [4.69, 9.17) is 4.74 Å². The predicted octanol–water partition coefficient (Wildman–Crippen LogP) is 5.08. The van der Waals surface area contributed by atoms with Crippen molar-refractivity contribution in [3.63, 3.8) is 0 Å². The Bertz CT molecular complexity index is 1260. The number of rotatable bonds is 4. The first-order valence-corrected chi connectivity index (χ1v) is 10.1. The number of carbonyl (C=O) groups excluding carboxylic acids is 2. The van der Waals surface area contributed by atoms with Gasteiger partial charge in [-0.05, 0) is 73.0 Å². The summed E-state index contributed by atoms with van der Waals surface area (Å²) in [6, 6.07) is 17.4. The molecule has 1 fully saturated rings. The maximum absolute atomic E-state index is 13.8. The van der Waals surface area contributed by atoms with Gasteiger partial charge in [0, 0.05) is 11.3 Å². The van der Waals surface area contributed by atoms with Gasteiger partial charge in [0.15, 0.2) is 0 Å². The maximum Gasteiger partial charge on any atom is 0.300 e. The Kier molecular flexibility index (Phi) is 5.53. The highest BCUT2D eigenvalue weighted by Crippen LogP contribution is 2.43. The molecular formula is C26H22FNO4. The molecule has 0 aromatic heterocycles. The number of nitrogens with zero attached hydrogens (tertiary/aromatic N) is 1. The average Bonchev–Trinajstić information content (AvgIpc) is 3.06. The minimum Gasteiger partial charge on any atom is -0.507 e. The molecule has 162 valence electrons. The largest absolute Gasteiger partial charge is 0.507 e. The Balaban J connectivity index is 1.97. The number of hydrogen-bond donors (Lipinski definition) is 1. The third-order valence-electron chi connectivity index (χ3n) is 5.57. The molecule has 32 heavy (non-hydrogen) atoms. The number of hydrogen-bond acceptors (Lipinski definition) is 4. The highest BCUT2D eigenvalue weighted by molar-refractivity contribution is 6.51. The zero-order chi connectivity index (χ0) is 23.0. The maximum atomic E-state index is 13.8. The normalized spacial score (nSPS) is 17.6. The third kappa shape index (κ3) is 3.64. The number of ketones is 1. The predicted molar refractivity (Wildman–Crippen MR) is 120 cm³/mol. The van der Waals surface area contributed by atoms with E-state index in [1.54, 1.807) is 49.4 Å². The highest BCUT2D eigenvalue weighted by Gasteiger charge is 2.47.